The van der Waals surface area contributed by atoms with E-state index in [1.54, 1.807) is 6.20 Å². The molecule has 2 aromatic carbocycles. The fraction of sp³-hybridized carbons (Fsp3) is 0.174. The van der Waals surface area contributed by atoms with Crippen molar-refractivity contribution >= 4 is 11.6 Å². The first-order chi connectivity index (χ1) is 14.1. The SMILES string of the molecule is Cc1cc(C)n(Cc2ccc(C(=O)Nc3cnn(Cc4ccccc4)c3)cc2)n1. The lowest BCUT2D eigenvalue weighted by molar-refractivity contribution is 0.102. The van der Waals surface area contributed by atoms with Gasteiger partial charge in [-0.3, -0.25) is 14.2 Å². The van der Waals surface area contributed by atoms with Crippen LogP contribution in [0, 0.1) is 13.8 Å². The van der Waals surface area contributed by atoms with Gasteiger partial charge in [-0.2, -0.15) is 10.2 Å². The average molecular weight is 385 g/mol. The number of carbonyl (C=O) groups excluding carboxylic acids is 1. The topological polar surface area (TPSA) is 64.7 Å². The summed E-state index contributed by atoms with van der Waals surface area (Å²) in [6.45, 7) is 5.38. The van der Waals surface area contributed by atoms with Gasteiger partial charge in [-0.05, 0) is 43.2 Å². The Bertz CT molecular complexity index is 1110. The van der Waals surface area contributed by atoms with E-state index in [1.165, 1.54) is 0 Å². The molecule has 0 fully saturated rings. The molecule has 0 aliphatic heterocycles. The number of carbonyl (C=O) groups is 1. The van der Waals surface area contributed by atoms with Crippen LogP contribution in [0.5, 0.6) is 0 Å². The lowest BCUT2D eigenvalue weighted by atomic mass is 10.1. The van der Waals surface area contributed by atoms with Crippen LogP contribution in [0.4, 0.5) is 5.69 Å². The average Bonchev–Trinajstić information content (AvgIpc) is 3.28. The Kier molecular flexibility index (Phi) is 5.24. The van der Waals surface area contributed by atoms with E-state index in [0.29, 0.717) is 24.3 Å². The van der Waals surface area contributed by atoms with E-state index < -0.39 is 0 Å². The molecule has 0 aliphatic carbocycles. The third-order valence-electron chi connectivity index (χ3n) is 4.73. The Labute approximate surface area is 169 Å². The molecule has 1 amide bonds. The molecule has 0 atom stereocenters. The van der Waals surface area contributed by atoms with E-state index >= 15 is 0 Å². The summed E-state index contributed by atoms with van der Waals surface area (Å²) in [5, 5.41) is 11.7. The van der Waals surface area contributed by atoms with Crippen LogP contribution >= 0.6 is 0 Å². The largest absolute Gasteiger partial charge is 0.319 e. The Morgan fingerprint density at radius 3 is 2.38 bits per heavy atom. The minimum absolute atomic E-state index is 0.151. The van der Waals surface area contributed by atoms with Gasteiger partial charge in [0.1, 0.15) is 0 Å². The van der Waals surface area contributed by atoms with Gasteiger partial charge >= 0.3 is 0 Å². The fourth-order valence-electron chi connectivity index (χ4n) is 3.26. The number of nitrogens with zero attached hydrogens (tertiary/aromatic N) is 4. The third kappa shape index (κ3) is 4.60. The second-order valence-corrected chi connectivity index (χ2v) is 7.15. The molecule has 146 valence electrons. The molecule has 0 saturated carbocycles. The van der Waals surface area contributed by atoms with Gasteiger partial charge in [-0.15, -0.1) is 0 Å². The molecule has 4 rings (SSSR count). The first kappa shape index (κ1) is 18.7. The Hall–Kier alpha value is -3.67. The number of aromatic nitrogens is 4. The zero-order valence-corrected chi connectivity index (χ0v) is 16.5. The maximum absolute atomic E-state index is 12.5. The maximum Gasteiger partial charge on any atom is 0.255 e. The molecule has 0 unspecified atom stereocenters. The summed E-state index contributed by atoms with van der Waals surface area (Å²) >= 11 is 0. The lowest BCUT2D eigenvalue weighted by Gasteiger charge is -2.07. The van der Waals surface area contributed by atoms with Crippen LogP contribution in [-0.2, 0) is 13.1 Å². The van der Waals surface area contributed by atoms with Crippen LogP contribution in [0.3, 0.4) is 0 Å². The van der Waals surface area contributed by atoms with Gasteiger partial charge < -0.3 is 5.32 Å². The number of nitrogens with one attached hydrogen (secondary N) is 1. The molecule has 0 bridgehead atoms. The summed E-state index contributed by atoms with van der Waals surface area (Å²) in [6.07, 6.45) is 3.50. The van der Waals surface area contributed by atoms with Gasteiger partial charge in [-0.1, -0.05) is 42.5 Å². The molecule has 0 radical (unpaired) electrons. The smallest absolute Gasteiger partial charge is 0.255 e. The van der Waals surface area contributed by atoms with Crippen LogP contribution in [0.1, 0.15) is 32.9 Å². The normalized spacial score (nSPS) is 10.8. The van der Waals surface area contributed by atoms with E-state index in [4.69, 9.17) is 0 Å². The van der Waals surface area contributed by atoms with Crippen molar-refractivity contribution < 1.29 is 4.79 Å². The van der Waals surface area contributed by atoms with Crippen molar-refractivity contribution in [2.45, 2.75) is 26.9 Å². The van der Waals surface area contributed by atoms with Gasteiger partial charge in [0.05, 0.1) is 30.7 Å². The summed E-state index contributed by atoms with van der Waals surface area (Å²) in [7, 11) is 0. The van der Waals surface area contributed by atoms with Crippen molar-refractivity contribution in [2.24, 2.45) is 0 Å². The molecule has 0 saturated heterocycles. The molecule has 1 N–H and O–H groups in total. The van der Waals surface area contributed by atoms with Crippen LogP contribution in [0.25, 0.3) is 0 Å². The maximum atomic E-state index is 12.5. The molecule has 0 spiro atoms. The number of hydrogen-bond acceptors (Lipinski definition) is 3. The highest BCUT2D eigenvalue weighted by molar-refractivity contribution is 6.04. The van der Waals surface area contributed by atoms with Crippen molar-refractivity contribution in [2.75, 3.05) is 5.32 Å². The molecular formula is C23H23N5O. The van der Waals surface area contributed by atoms with Gasteiger partial charge in [-0.25, -0.2) is 0 Å². The molecular weight excluding hydrogens is 362 g/mol. The quantitative estimate of drug-likeness (QED) is 0.545. The van der Waals surface area contributed by atoms with Gasteiger partial charge in [0.25, 0.3) is 5.91 Å². The summed E-state index contributed by atoms with van der Waals surface area (Å²) < 4.78 is 3.77. The zero-order chi connectivity index (χ0) is 20.2. The number of aryl methyl sites for hydroxylation is 2. The fourth-order valence-corrected chi connectivity index (χ4v) is 3.26. The predicted molar refractivity (Wildman–Crippen MR) is 113 cm³/mol. The van der Waals surface area contributed by atoms with E-state index in [-0.39, 0.29) is 5.91 Å². The molecule has 4 aromatic rings. The van der Waals surface area contributed by atoms with Crippen LogP contribution in [0.15, 0.2) is 73.1 Å². The highest BCUT2D eigenvalue weighted by Gasteiger charge is 2.09. The summed E-state index contributed by atoms with van der Waals surface area (Å²) in [5.74, 6) is -0.151. The minimum Gasteiger partial charge on any atom is -0.319 e. The molecule has 0 aliphatic rings. The second-order valence-electron chi connectivity index (χ2n) is 7.15. The molecule has 2 heterocycles. The molecule has 2 aromatic heterocycles. The van der Waals surface area contributed by atoms with E-state index in [9.17, 15) is 4.79 Å². The Morgan fingerprint density at radius 1 is 0.966 bits per heavy atom. The van der Waals surface area contributed by atoms with Gasteiger partial charge in [0, 0.05) is 17.5 Å². The zero-order valence-electron chi connectivity index (χ0n) is 16.5. The summed E-state index contributed by atoms with van der Waals surface area (Å²) in [5.41, 5.74) is 5.67. The van der Waals surface area contributed by atoms with E-state index in [1.807, 2.05) is 84.0 Å². The van der Waals surface area contributed by atoms with Crippen LogP contribution < -0.4 is 5.32 Å². The number of hydrogen-bond donors (Lipinski definition) is 1. The third-order valence-corrected chi connectivity index (χ3v) is 4.73. The van der Waals surface area contributed by atoms with Crippen molar-refractivity contribution in [3.05, 3.63) is 101 Å². The van der Waals surface area contributed by atoms with Gasteiger partial charge in [0.2, 0.25) is 0 Å². The standard InChI is InChI=1S/C23H23N5O/c1-17-12-18(2)28(26-17)15-20-8-10-21(11-9-20)23(29)25-22-13-24-27(16-22)14-19-6-4-3-5-7-19/h3-13,16H,14-15H2,1-2H3,(H,25,29). The Morgan fingerprint density at radius 2 is 1.69 bits per heavy atom. The predicted octanol–water partition coefficient (Wildman–Crippen LogP) is 4.05. The van der Waals surface area contributed by atoms with Crippen molar-refractivity contribution in [1.29, 1.82) is 0 Å². The Balaban J connectivity index is 1.38. The lowest BCUT2D eigenvalue weighted by Crippen LogP contribution is -2.12. The first-order valence-electron chi connectivity index (χ1n) is 9.54. The number of anilines is 1. The van der Waals surface area contributed by atoms with Crippen molar-refractivity contribution in [3.8, 4) is 0 Å². The highest BCUT2D eigenvalue weighted by Crippen LogP contribution is 2.13. The van der Waals surface area contributed by atoms with Crippen LogP contribution in [-0.4, -0.2) is 25.5 Å². The van der Waals surface area contributed by atoms with Crippen LogP contribution in [0.2, 0.25) is 0 Å². The summed E-state index contributed by atoms with van der Waals surface area (Å²) in [4.78, 5) is 12.5. The molecule has 29 heavy (non-hydrogen) atoms. The minimum atomic E-state index is -0.151. The number of amides is 1. The number of rotatable bonds is 6. The summed E-state index contributed by atoms with van der Waals surface area (Å²) in [6, 6.07) is 19.7. The molecule has 6 heteroatoms. The highest BCUT2D eigenvalue weighted by atomic mass is 16.1. The second kappa shape index (κ2) is 8.14. The van der Waals surface area contributed by atoms with E-state index in [2.05, 4.69) is 21.6 Å². The number of benzene rings is 2. The first-order valence-corrected chi connectivity index (χ1v) is 9.54. The van der Waals surface area contributed by atoms with Gasteiger partial charge in [0.15, 0.2) is 0 Å². The van der Waals surface area contributed by atoms with Crippen molar-refractivity contribution in [3.63, 3.8) is 0 Å². The van der Waals surface area contributed by atoms with Crippen molar-refractivity contribution in [1.82, 2.24) is 19.6 Å². The van der Waals surface area contributed by atoms with E-state index in [0.717, 1.165) is 22.5 Å². The monoisotopic (exact) mass is 385 g/mol. The molecule has 6 nitrogen and oxygen atoms in total.